The molecule has 12 heavy (non-hydrogen) atoms. The molecule has 0 unspecified atom stereocenters. The molecule has 0 saturated heterocycles. The summed E-state index contributed by atoms with van der Waals surface area (Å²) in [7, 11) is 0. The Kier molecular flexibility index (Phi) is 2.76. The van der Waals surface area contributed by atoms with E-state index >= 15 is 0 Å². The first-order valence-corrected chi connectivity index (χ1v) is 3.60. The summed E-state index contributed by atoms with van der Waals surface area (Å²) in [4.78, 5) is 14.8. The second-order valence-electron chi connectivity index (χ2n) is 2.38. The molecule has 0 aromatic carbocycles. The fraction of sp³-hybridized carbons (Fsp3) is 0.250. The van der Waals surface area contributed by atoms with E-state index in [-0.39, 0.29) is 0 Å². The van der Waals surface area contributed by atoms with Gasteiger partial charge in [0, 0.05) is 6.20 Å². The van der Waals surface area contributed by atoms with E-state index in [9.17, 15) is 4.79 Å². The van der Waals surface area contributed by atoms with Crippen molar-refractivity contribution >= 4 is 11.7 Å². The van der Waals surface area contributed by atoms with Gasteiger partial charge in [-0.2, -0.15) is 0 Å². The van der Waals surface area contributed by atoms with Crippen LogP contribution in [0.2, 0.25) is 0 Å². The van der Waals surface area contributed by atoms with Crippen LogP contribution in [0.15, 0.2) is 24.4 Å². The zero-order chi connectivity index (χ0) is 8.97. The maximum absolute atomic E-state index is 10.9. The number of aliphatic hydroxyl groups is 1. The summed E-state index contributed by atoms with van der Waals surface area (Å²) < 4.78 is 0. The maximum Gasteiger partial charge on any atom is 0.254 e. The Labute approximate surface area is 70.3 Å². The number of hydrogen-bond acceptors (Lipinski definition) is 3. The van der Waals surface area contributed by atoms with Gasteiger partial charge in [0.1, 0.15) is 11.9 Å². The fourth-order valence-corrected chi connectivity index (χ4v) is 0.667. The van der Waals surface area contributed by atoms with Crippen LogP contribution in [0, 0.1) is 0 Å². The summed E-state index contributed by atoms with van der Waals surface area (Å²) in [6.45, 7) is 1.40. The Bertz CT molecular complexity index is 259. The first-order chi connectivity index (χ1) is 5.70. The van der Waals surface area contributed by atoms with Crippen LogP contribution in [0.5, 0.6) is 0 Å². The van der Waals surface area contributed by atoms with E-state index in [0.29, 0.717) is 5.82 Å². The van der Waals surface area contributed by atoms with E-state index in [1.54, 1.807) is 24.4 Å². The highest BCUT2D eigenvalue weighted by atomic mass is 16.3. The number of pyridine rings is 1. The van der Waals surface area contributed by atoms with Gasteiger partial charge < -0.3 is 10.4 Å². The van der Waals surface area contributed by atoms with E-state index in [4.69, 9.17) is 5.11 Å². The van der Waals surface area contributed by atoms with Crippen LogP contribution < -0.4 is 5.32 Å². The van der Waals surface area contributed by atoms with Crippen LogP contribution in [-0.4, -0.2) is 22.1 Å². The molecular weight excluding hydrogens is 156 g/mol. The molecule has 4 heteroatoms. The van der Waals surface area contributed by atoms with Crippen molar-refractivity contribution in [1.82, 2.24) is 4.98 Å². The zero-order valence-corrected chi connectivity index (χ0v) is 6.69. The van der Waals surface area contributed by atoms with E-state index < -0.39 is 12.0 Å². The average molecular weight is 166 g/mol. The summed E-state index contributed by atoms with van der Waals surface area (Å²) in [5, 5.41) is 11.3. The number of aromatic nitrogens is 1. The quantitative estimate of drug-likeness (QED) is 0.668. The van der Waals surface area contributed by atoms with Gasteiger partial charge in [-0.3, -0.25) is 4.79 Å². The topological polar surface area (TPSA) is 62.2 Å². The summed E-state index contributed by atoms with van der Waals surface area (Å²) in [5.41, 5.74) is 0. The molecule has 1 aromatic rings. The molecule has 1 amide bonds. The molecule has 0 saturated carbocycles. The van der Waals surface area contributed by atoms with Gasteiger partial charge in [0.25, 0.3) is 5.91 Å². The lowest BCUT2D eigenvalue weighted by Crippen LogP contribution is -2.24. The number of carbonyl (C=O) groups excluding carboxylic acids is 1. The Morgan fingerprint density at radius 2 is 2.42 bits per heavy atom. The number of nitrogens with one attached hydrogen (secondary N) is 1. The third-order valence-corrected chi connectivity index (χ3v) is 1.30. The van der Waals surface area contributed by atoms with Crippen LogP contribution in [-0.2, 0) is 4.79 Å². The molecule has 0 fully saturated rings. The molecule has 0 aliphatic rings. The molecule has 0 spiro atoms. The lowest BCUT2D eigenvalue weighted by atomic mass is 10.4. The van der Waals surface area contributed by atoms with Gasteiger partial charge in [-0.1, -0.05) is 6.07 Å². The van der Waals surface area contributed by atoms with Crippen molar-refractivity contribution in [3.05, 3.63) is 24.4 Å². The fourth-order valence-electron chi connectivity index (χ4n) is 0.667. The predicted octanol–water partition coefficient (Wildman–Crippen LogP) is 0.401. The Balaban J connectivity index is 2.59. The van der Waals surface area contributed by atoms with Crippen molar-refractivity contribution < 1.29 is 9.90 Å². The van der Waals surface area contributed by atoms with Gasteiger partial charge in [0.15, 0.2) is 0 Å². The third-order valence-electron chi connectivity index (χ3n) is 1.30. The molecule has 2 N–H and O–H groups in total. The van der Waals surface area contributed by atoms with Crippen molar-refractivity contribution in [3.63, 3.8) is 0 Å². The molecular formula is C8H10N2O2. The Morgan fingerprint density at radius 1 is 1.67 bits per heavy atom. The second kappa shape index (κ2) is 3.82. The van der Waals surface area contributed by atoms with Gasteiger partial charge in [-0.25, -0.2) is 4.98 Å². The summed E-state index contributed by atoms with van der Waals surface area (Å²) in [5.74, 6) is -0.00269. The van der Waals surface area contributed by atoms with Crippen molar-refractivity contribution in [1.29, 1.82) is 0 Å². The minimum Gasteiger partial charge on any atom is -0.384 e. The third kappa shape index (κ3) is 2.32. The molecule has 0 aliphatic heterocycles. The van der Waals surface area contributed by atoms with Gasteiger partial charge >= 0.3 is 0 Å². The molecule has 0 radical (unpaired) electrons. The van der Waals surface area contributed by atoms with Gasteiger partial charge in [0.05, 0.1) is 0 Å². The largest absolute Gasteiger partial charge is 0.384 e. The lowest BCUT2D eigenvalue weighted by Gasteiger charge is -2.04. The smallest absolute Gasteiger partial charge is 0.254 e. The van der Waals surface area contributed by atoms with E-state index in [1.165, 1.54) is 6.92 Å². The molecule has 0 bridgehead atoms. The number of hydrogen-bond donors (Lipinski definition) is 2. The summed E-state index contributed by atoms with van der Waals surface area (Å²) in [6, 6.07) is 5.16. The normalized spacial score (nSPS) is 12.2. The van der Waals surface area contributed by atoms with Gasteiger partial charge in [0.2, 0.25) is 0 Å². The molecule has 4 nitrogen and oxygen atoms in total. The highest BCUT2D eigenvalue weighted by Crippen LogP contribution is 1.99. The monoisotopic (exact) mass is 166 g/mol. The van der Waals surface area contributed by atoms with Crippen molar-refractivity contribution in [2.45, 2.75) is 13.0 Å². The number of rotatable bonds is 2. The highest BCUT2D eigenvalue weighted by molar-refractivity contribution is 5.92. The minimum atomic E-state index is -1.01. The second-order valence-corrected chi connectivity index (χ2v) is 2.38. The van der Waals surface area contributed by atoms with Crippen molar-refractivity contribution in [3.8, 4) is 0 Å². The molecule has 0 aliphatic carbocycles. The van der Waals surface area contributed by atoms with Gasteiger partial charge in [-0.15, -0.1) is 0 Å². The first-order valence-electron chi connectivity index (χ1n) is 3.60. The maximum atomic E-state index is 10.9. The van der Waals surface area contributed by atoms with E-state index in [0.717, 1.165) is 0 Å². The molecule has 1 aromatic heterocycles. The molecule has 1 heterocycles. The standard InChI is InChI=1S/C8H10N2O2/c1-6(11)8(12)10-7-4-2-3-5-9-7/h2-6,11H,1H3,(H,9,10,12)/t6-/m1/s1. The number of amides is 1. The number of anilines is 1. The van der Waals surface area contributed by atoms with Crippen molar-refractivity contribution in [2.75, 3.05) is 5.32 Å². The van der Waals surface area contributed by atoms with Crippen molar-refractivity contribution in [2.24, 2.45) is 0 Å². The molecule has 64 valence electrons. The SMILES string of the molecule is C[C@@H](O)C(=O)Nc1ccccn1. The number of nitrogens with zero attached hydrogens (tertiary/aromatic N) is 1. The van der Waals surface area contributed by atoms with E-state index in [1.807, 2.05) is 0 Å². The van der Waals surface area contributed by atoms with E-state index in [2.05, 4.69) is 10.3 Å². The van der Waals surface area contributed by atoms with Crippen LogP contribution >= 0.6 is 0 Å². The number of aliphatic hydroxyl groups excluding tert-OH is 1. The average Bonchev–Trinajstić information content (AvgIpc) is 2.06. The summed E-state index contributed by atoms with van der Waals surface area (Å²) in [6.07, 6.45) is 0.560. The van der Waals surface area contributed by atoms with Crippen LogP contribution in [0.4, 0.5) is 5.82 Å². The number of carbonyl (C=O) groups is 1. The van der Waals surface area contributed by atoms with Crippen LogP contribution in [0.3, 0.4) is 0 Å². The molecule has 1 rings (SSSR count). The first kappa shape index (κ1) is 8.67. The minimum absolute atomic E-state index is 0.448. The Morgan fingerprint density at radius 3 is 2.92 bits per heavy atom. The van der Waals surface area contributed by atoms with Crippen LogP contribution in [0.1, 0.15) is 6.92 Å². The highest BCUT2D eigenvalue weighted by Gasteiger charge is 2.08. The molecule has 1 atom stereocenters. The predicted molar refractivity (Wildman–Crippen MR) is 44.5 cm³/mol. The van der Waals surface area contributed by atoms with Crippen LogP contribution in [0.25, 0.3) is 0 Å². The van der Waals surface area contributed by atoms with Gasteiger partial charge in [-0.05, 0) is 19.1 Å². The summed E-state index contributed by atoms with van der Waals surface area (Å²) >= 11 is 0. The lowest BCUT2D eigenvalue weighted by molar-refractivity contribution is -0.123. The zero-order valence-electron chi connectivity index (χ0n) is 6.69. The Hall–Kier alpha value is -1.42.